The number of anilines is 1. The van der Waals surface area contributed by atoms with Gasteiger partial charge in [-0.3, -0.25) is 19.8 Å². The lowest BCUT2D eigenvalue weighted by molar-refractivity contribution is -0.126. The summed E-state index contributed by atoms with van der Waals surface area (Å²) in [7, 11) is 0. The molecule has 3 heterocycles. The van der Waals surface area contributed by atoms with Crippen LogP contribution in [0.1, 0.15) is 44.1 Å². The Balaban J connectivity index is 1.50. The van der Waals surface area contributed by atoms with Gasteiger partial charge in [0.15, 0.2) is 0 Å². The Morgan fingerprint density at radius 2 is 2.27 bits per heavy atom. The highest BCUT2D eigenvalue weighted by molar-refractivity contribution is 5.91. The smallest absolute Gasteiger partial charge is 0.240 e. The molecular weight excluding hydrogens is 336 g/mol. The first-order chi connectivity index (χ1) is 12.5. The Labute approximate surface area is 151 Å². The Hall–Kier alpha value is -2.61. The fourth-order valence-electron chi connectivity index (χ4n) is 3.00. The third-order valence-corrected chi connectivity index (χ3v) is 4.41. The molecule has 2 aromatic rings. The minimum Gasteiger partial charge on any atom is -0.467 e. The maximum Gasteiger partial charge on any atom is 0.240 e. The Morgan fingerprint density at radius 3 is 2.96 bits per heavy atom. The molecule has 1 saturated heterocycles. The second-order valence-corrected chi connectivity index (χ2v) is 6.74. The fourth-order valence-corrected chi connectivity index (χ4v) is 3.00. The summed E-state index contributed by atoms with van der Waals surface area (Å²) < 4.78 is 10.3. The zero-order valence-electron chi connectivity index (χ0n) is 15.0. The molecule has 2 aromatic heterocycles. The monoisotopic (exact) mass is 360 g/mol. The van der Waals surface area contributed by atoms with Gasteiger partial charge in [-0.15, -0.1) is 0 Å². The fraction of sp³-hybridized carbons (Fsp3) is 0.500. The van der Waals surface area contributed by atoms with Crippen LogP contribution in [0.15, 0.2) is 33.4 Å². The summed E-state index contributed by atoms with van der Waals surface area (Å²) in [6.45, 7) is 5.19. The number of hydrogen-bond donors (Lipinski definition) is 2. The predicted octanol–water partition coefficient (Wildman–Crippen LogP) is 2.11. The molecule has 3 rings (SSSR count). The van der Waals surface area contributed by atoms with Crippen LogP contribution in [0.4, 0.5) is 5.88 Å². The van der Waals surface area contributed by atoms with Gasteiger partial charge in [0.05, 0.1) is 31.1 Å². The molecule has 0 aliphatic carbocycles. The van der Waals surface area contributed by atoms with Crippen molar-refractivity contribution in [3.63, 3.8) is 0 Å². The molecule has 2 amide bonds. The van der Waals surface area contributed by atoms with Crippen molar-refractivity contribution in [3.8, 4) is 0 Å². The van der Waals surface area contributed by atoms with E-state index in [2.05, 4.69) is 15.8 Å². The molecular formula is C18H24N4O4. The van der Waals surface area contributed by atoms with Crippen LogP contribution in [0.25, 0.3) is 0 Å². The third kappa shape index (κ3) is 4.51. The molecule has 0 bridgehead atoms. The van der Waals surface area contributed by atoms with E-state index in [-0.39, 0.29) is 30.3 Å². The number of nitrogens with one attached hydrogen (secondary N) is 2. The molecule has 1 aliphatic rings. The van der Waals surface area contributed by atoms with E-state index in [1.54, 1.807) is 18.4 Å². The van der Waals surface area contributed by atoms with E-state index in [0.717, 1.165) is 18.5 Å². The highest BCUT2D eigenvalue weighted by Crippen LogP contribution is 2.19. The summed E-state index contributed by atoms with van der Waals surface area (Å²) >= 11 is 0. The van der Waals surface area contributed by atoms with E-state index in [4.69, 9.17) is 8.94 Å². The molecule has 1 unspecified atom stereocenters. The van der Waals surface area contributed by atoms with Crippen LogP contribution in [0.2, 0.25) is 0 Å². The predicted molar refractivity (Wildman–Crippen MR) is 94.4 cm³/mol. The van der Waals surface area contributed by atoms with Gasteiger partial charge in [0.2, 0.25) is 17.7 Å². The van der Waals surface area contributed by atoms with Crippen molar-refractivity contribution in [3.05, 3.63) is 35.9 Å². The first-order valence-corrected chi connectivity index (χ1v) is 8.83. The van der Waals surface area contributed by atoms with E-state index >= 15 is 0 Å². The summed E-state index contributed by atoms with van der Waals surface area (Å²) in [5.74, 6) is 0.949. The molecule has 0 spiro atoms. The van der Waals surface area contributed by atoms with Crippen molar-refractivity contribution in [2.75, 3.05) is 18.4 Å². The maximum atomic E-state index is 12.4. The molecule has 1 aliphatic heterocycles. The summed E-state index contributed by atoms with van der Waals surface area (Å²) in [6.07, 6.45) is 3.19. The van der Waals surface area contributed by atoms with Crippen LogP contribution in [0.5, 0.6) is 0 Å². The number of aromatic nitrogens is 1. The number of rotatable bonds is 7. The minimum atomic E-state index is -0.309. The lowest BCUT2D eigenvalue weighted by atomic mass is 10.1. The molecule has 8 heteroatoms. The zero-order chi connectivity index (χ0) is 18.5. The Bertz CT molecular complexity index is 738. The second kappa shape index (κ2) is 8.18. The van der Waals surface area contributed by atoms with Crippen LogP contribution >= 0.6 is 0 Å². The van der Waals surface area contributed by atoms with Gasteiger partial charge in [0.1, 0.15) is 5.76 Å². The molecule has 140 valence electrons. The van der Waals surface area contributed by atoms with Crippen LogP contribution in [-0.4, -0.2) is 41.0 Å². The van der Waals surface area contributed by atoms with Gasteiger partial charge < -0.3 is 14.3 Å². The number of furan rings is 1. The van der Waals surface area contributed by atoms with Crippen LogP contribution in [-0.2, 0) is 16.1 Å². The van der Waals surface area contributed by atoms with E-state index in [1.807, 2.05) is 24.8 Å². The largest absolute Gasteiger partial charge is 0.467 e. The average molecular weight is 360 g/mol. The van der Waals surface area contributed by atoms with Gasteiger partial charge in [-0.25, -0.2) is 0 Å². The molecule has 1 fully saturated rings. The van der Waals surface area contributed by atoms with Gasteiger partial charge in [-0.2, -0.15) is 0 Å². The number of amides is 2. The van der Waals surface area contributed by atoms with Crippen molar-refractivity contribution in [1.29, 1.82) is 0 Å². The van der Waals surface area contributed by atoms with Crippen LogP contribution in [0.3, 0.4) is 0 Å². The number of nitrogens with zero attached hydrogens (tertiary/aromatic N) is 2. The summed E-state index contributed by atoms with van der Waals surface area (Å²) in [5, 5.41) is 9.48. The molecule has 0 radical (unpaired) electrons. The number of hydrogen-bond acceptors (Lipinski definition) is 6. The number of carbonyl (C=O) groups excluding carboxylic acids is 2. The highest BCUT2D eigenvalue weighted by atomic mass is 16.5. The van der Waals surface area contributed by atoms with Crippen molar-refractivity contribution < 1.29 is 18.5 Å². The number of carbonyl (C=O) groups is 2. The highest BCUT2D eigenvalue weighted by Gasteiger charge is 2.32. The first kappa shape index (κ1) is 18.2. The molecule has 26 heavy (non-hydrogen) atoms. The SMILES string of the molecule is CC(C)c1cc(NC(=O)CN2CCCC2C(=O)NCc2ccco2)on1. The normalized spacial score (nSPS) is 17.6. The van der Waals surface area contributed by atoms with Crippen molar-refractivity contribution >= 4 is 17.7 Å². The Morgan fingerprint density at radius 1 is 1.42 bits per heavy atom. The van der Waals surface area contributed by atoms with Crippen LogP contribution in [0, 0.1) is 0 Å². The number of likely N-dealkylation sites (tertiary alicyclic amines) is 1. The lowest BCUT2D eigenvalue weighted by Gasteiger charge is -2.22. The molecule has 0 aromatic carbocycles. The Kier molecular flexibility index (Phi) is 5.72. The molecule has 0 saturated carbocycles. The van der Waals surface area contributed by atoms with Gasteiger partial charge in [0, 0.05) is 6.07 Å². The van der Waals surface area contributed by atoms with Crippen molar-refractivity contribution in [1.82, 2.24) is 15.4 Å². The maximum absolute atomic E-state index is 12.4. The third-order valence-electron chi connectivity index (χ3n) is 4.41. The first-order valence-electron chi connectivity index (χ1n) is 8.83. The standard InChI is InChI=1S/C18H24N4O4/c1-12(2)14-9-17(26-21-14)20-16(23)11-22-7-3-6-15(22)18(24)19-10-13-5-4-8-25-13/h4-5,8-9,12,15H,3,6-7,10-11H2,1-2H3,(H,19,24)(H,20,23). The van der Waals surface area contributed by atoms with Gasteiger partial charge >= 0.3 is 0 Å². The van der Waals surface area contributed by atoms with Crippen LogP contribution < -0.4 is 10.6 Å². The van der Waals surface area contributed by atoms with Gasteiger partial charge in [-0.05, 0) is 37.4 Å². The summed E-state index contributed by atoms with van der Waals surface area (Å²) in [6, 6.07) is 5.00. The summed E-state index contributed by atoms with van der Waals surface area (Å²) in [4.78, 5) is 26.6. The molecule has 1 atom stereocenters. The molecule has 2 N–H and O–H groups in total. The molecule has 8 nitrogen and oxygen atoms in total. The average Bonchev–Trinajstić information content (AvgIpc) is 3.34. The van der Waals surface area contributed by atoms with Crippen molar-refractivity contribution in [2.24, 2.45) is 0 Å². The topological polar surface area (TPSA) is 101 Å². The van der Waals surface area contributed by atoms with E-state index in [1.165, 1.54) is 0 Å². The quantitative estimate of drug-likeness (QED) is 0.784. The van der Waals surface area contributed by atoms with E-state index < -0.39 is 0 Å². The van der Waals surface area contributed by atoms with E-state index in [0.29, 0.717) is 24.7 Å². The second-order valence-electron chi connectivity index (χ2n) is 6.74. The minimum absolute atomic E-state index is 0.0894. The van der Waals surface area contributed by atoms with Gasteiger partial charge in [-0.1, -0.05) is 19.0 Å². The van der Waals surface area contributed by atoms with Crippen molar-refractivity contribution in [2.45, 2.75) is 45.2 Å². The lowest BCUT2D eigenvalue weighted by Crippen LogP contribution is -2.45. The summed E-state index contributed by atoms with van der Waals surface area (Å²) in [5.41, 5.74) is 0.789. The van der Waals surface area contributed by atoms with Gasteiger partial charge in [0.25, 0.3) is 0 Å². The van der Waals surface area contributed by atoms with E-state index in [9.17, 15) is 9.59 Å². The zero-order valence-corrected chi connectivity index (χ0v) is 15.0.